The maximum absolute atomic E-state index is 10.2. The summed E-state index contributed by atoms with van der Waals surface area (Å²) in [5, 5.41) is -0.299. The van der Waals surface area contributed by atoms with Crippen LogP contribution in [0.5, 0.6) is 0 Å². The van der Waals surface area contributed by atoms with Crippen molar-refractivity contribution in [2.75, 3.05) is 5.75 Å². The van der Waals surface area contributed by atoms with Gasteiger partial charge in [-0.25, -0.2) is 4.79 Å². The quantitative estimate of drug-likeness (QED) is 0.539. The molecule has 0 unspecified atom stereocenters. The molecule has 0 rings (SSSR count). The van der Waals surface area contributed by atoms with Crippen LogP contribution in [-0.4, -0.2) is 11.1 Å². The standard InChI is InChI=1S/C5H9O2S/c1-3-4-8-5(6)7-2/h2-4H2,1H3. The number of ether oxygens (including phenoxy) is 1. The second-order valence-corrected chi connectivity index (χ2v) is 2.27. The summed E-state index contributed by atoms with van der Waals surface area (Å²) in [4.78, 5) is 10.2. The molecule has 1 radical (unpaired) electrons. The molecule has 47 valence electrons. The van der Waals surface area contributed by atoms with Crippen molar-refractivity contribution >= 4 is 17.1 Å². The maximum Gasteiger partial charge on any atom is 0.367 e. The molecule has 0 bridgehead atoms. The molecule has 0 aromatic heterocycles. The smallest absolute Gasteiger partial charge is 0.367 e. The Bertz CT molecular complexity index is 72.8. The van der Waals surface area contributed by atoms with Gasteiger partial charge in [0.1, 0.15) is 7.11 Å². The van der Waals surface area contributed by atoms with E-state index in [1.807, 2.05) is 6.92 Å². The zero-order valence-corrected chi connectivity index (χ0v) is 5.66. The summed E-state index contributed by atoms with van der Waals surface area (Å²) in [6.45, 7) is 2.00. The number of thioether (sulfide) groups is 1. The lowest BCUT2D eigenvalue weighted by Gasteiger charge is -1.92. The molecule has 0 aromatic carbocycles. The Morgan fingerprint density at radius 3 is 2.88 bits per heavy atom. The van der Waals surface area contributed by atoms with Crippen LogP contribution >= 0.6 is 11.8 Å². The topological polar surface area (TPSA) is 26.3 Å². The minimum absolute atomic E-state index is 0.299. The first kappa shape index (κ1) is 7.82. The van der Waals surface area contributed by atoms with Crippen molar-refractivity contribution in [2.45, 2.75) is 13.3 Å². The fourth-order valence-corrected chi connectivity index (χ4v) is 0.681. The summed E-state index contributed by atoms with van der Waals surface area (Å²) in [7, 11) is 2.97. The van der Waals surface area contributed by atoms with Crippen LogP contribution < -0.4 is 0 Å². The Hall–Kier alpha value is -0.180. The highest BCUT2D eigenvalue weighted by Gasteiger charge is 1.96. The molecule has 0 amide bonds. The van der Waals surface area contributed by atoms with E-state index in [1.165, 1.54) is 0 Å². The van der Waals surface area contributed by atoms with Gasteiger partial charge in [0, 0.05) is 5.75 Å². The van der Waals surface area contributed by atoms with Crippen LogP contribution in [0.15, 0.2) is 0 Å². The van der Waals surface area contributed by atoms with E-state index in [9.17, 15) is 4.79 Å². The zero-order chi connectivity index (χ0) is 6.41. The molecule has 0 aromatic rings. The average Bonchev–Trinajstić information content (AvgIpc) is 1.83. The van der Waals surface area contributed by atoms with Crippen LogP contribution in [0, 0.1) is 7.11 Å². The SMILES string of the molecule is [CH2]OC(=O)SCCC. The summed E-state index contributed by atoms with van der Waals surface area (Å²) >= 11 is 1.15. The maximum atomic E-state index is 10.2. The van der Waals surface area contributed by atoms with Gasteiger partial charge in [-0.15, -0.1) is 0 Å². The minimum Gasteiger partial charge on any atom is -0.454 e. The number of rotatable bonds is 2. The molecular weight excluding hydrogens is 124 g/mol. The lowest BCUT2D eigenvalue weighted by atomic mass is 10.6. The molecule has 0 heterocycles. The van der Waals surface area contributed by atoms with Gasteiger partial charge in [-0.3, -0.25) is 0 Å². The van der Waals surface area contributed by atoms with Gasteiger partial charge in [0.15, 0.2) is 0 Å². The van der Waals surface area contributed by atoms with Crippen molar-refractivity contribution in [3.63, 3.8) is 0 Å². The Morgan fingerprint density at radius 2 is 2.50 bits per heavy atom. The molecule has 0 saturated carbocycles. The molecule has 8 heavy (non-hydrogen) atoms. The molecule has 3 heteroatoms. The Morgan fingerprint density at radius 1 is 1.88 bits per heavy atom. The van der Waals surface area contributed by atoms with Crippen LogP contribution in [0.25, 0.3) is 0 Å². The van der Waals surface area contributed by atoms with Gasteiger partial charge in [-0.1, -0.05) is 6.92 Å². The summed E-state index contributed by atoms with van der Waals surface area (Å²) in [5.74, 6) is 0.814. The van der Waals surface area contributed by atoms with Gasteiger partial charge >= 0.3 is 5.30 Å². The molecule has 2 nitrogen and oxygen atoms in total. The predicted molar refractivity (Wildman–Crippen MR) is 34.6 cm³/mol. The summed E-state index contributed by atoms with van der Waals surface area (Å²) in [6.07, 6.45) is 0.986. The third-order valence-corrected chi connectivity index (χ3v) is 1.51. The van der Waals surface area contributed by atoms with E-state index >= 15 is 0 Å². The van der Waals surface area contributed by atoms with E-state index in [-0.39, 0.29) is 5.30 Å². The number of carbonyl (C=O) groups excluding carboxylic acids is 1. The number of hydrogen-bond acceptors (Lipinski definition) is 3. The Balaban J connectivity index is 2.99. The van der Waals surface area contributed by atoms with Crippen LogP contribution in [0.1, 0.15) is 13.3 Å². The third kappa shape index (κ3) is 3.99. The number of hydrogen-bond donors (Lipinski definition) is 0. The van der Waals surface area contributed by atoms with Crippen molar-refractivity contribution in [1.29, 1.82) is 0 Å². The van der Waals surface area contributed by atoms with Crippen LogP contribution in [0.3, 0.4) is 0 Å². The normalized spacial score (nSPS) is 8.75. The highest BCUT2D eigenvalue weighted by Crippen LogP contribution is 2.04. The van der Waals surface area contributed by atoms with E-state index in [1.54, 1.807) is 0 Å². The fraction of sp³-hybridized carbons (Fsp3) is 0.600. The van der Waals surface area contributed by atoms with Gasteiger partial charge < -0.3 is 4.74 Å². The fourth-order valence-electron chi connectivity index (χ4n) is 0.227. The highest BCUT2D eigenvalue weighted by atomic mass is 32.2. The van der Waals surface area contributed by atoms with Gasteiger partial charge in [0.25, 0.3) is 0 Å². The molecule has 0 saturated heterocycles. The molecular formula is C5H9O2S. The molecule has 0 aliphatic carbocycles. The predicted octanol–water partition coefficient (Wildman–Crippen LogP) is 2.06. The molecule has 0 atom stereocenters. The zero-order valence-electron chi connectivity index (χ0n) is 4.85. The summed E-state index contributed by atoms with van der Waals surface area (Å²) in [5.41, 5.74) is 0. The minimum atomic E-state index is -0.299. The van der Waals surface area contributed by atoms with Gasteiger partial charge in [0.2, 0.25) is 0 Å². The number of carbonyl (C=O) groups is 1. The van der Waals surface area contributed by atoms with E-state index in [4.69, 9.17) is 0 Å². The first-order chi connectivity index (χ1) is 3.81. The van der Waals surface area contributed by atoms with Crippen LogP contribution in [-0.2, 0) is 4.74 Å². The van der Waals surface area contributed by atoms with Crippen molar-refractivity contribution in [2.24, 2.45) is 0 Å². The summed E-state index contributed by atoms with van der Waals surface area (Å²) < 4.78 is 4.13. The lowest BCUT2D eigenvalue weighted by Crippen LogP contribution is -1.89. The van der Waals surface area contributed by atoms with E-state index in [2.05, 4.69) is 11.8 Å². The Labute approximate surface area is 53.6 Å². The first-order valence-electron chi connectivity index (χ1n) is 2.40. The highest BCUT2D eigenvalue weighted by molar-refractivity contribution is 8.13. The molecule has 0 fully saturated rings. The van der Waals surface area contributed by atoms with Crippen LogP contribution in [0.2, 0.25) is 0 Å². The Kier molecular flexibility index (Phi) is 4.85. The van der Waals surface area contributed by atoms with Gasteiger partial charge in [0.05, 0.1) is 0 Å². The van der Waals surface area contributed by atoms with Gasteiger partial charge in [-0.05, 0) is 18.2 Å². The molecule has 0 aliphatic heterocycles. The van der Waals surface area contributed by atoms with Crippen molar-refractivity contribution in [3.05, 3.63) is 7.11 Å². The van der Waals surface area contributed by atoms with Crippen molar-refractivity contribution < 1.29 is 9.53 Å². The van der Waals surface area contributed by atoms with Crippen LogP contribution in [0.4, 0.5) is 4.79 Å². The van der Waals surface area contributed by atoms with E-state index in [0.29, 0.717) is 0 Å². The second kappa shape index (κ2) is 4.97. The molecule has 0 N–H and O–H groups in total. The monoisotopic (exact) mass is 133 g/mol. The largest absolute Gasteiger partial charge is 0.454 e. The second-order valence-electron chi connectivity index (χ2n) is 1.24. The lowest BCUT2D eigenvalue weighted by molar-refractivity contribution is 0.212. The van der Waals surface area contributed by atoms with Gasteiger partial charge in [-0.2, -0.15) is 0 Å². The molecule has 0 aliphatic rings. The van der Waals surface area contributed by atoms with E-state index in [0.717, 1.165) is 23.9 Å². The van der Waals surface area contributed by atoms with Crippen molar-refractivity contribution in [3.8, 4) is 0 Å². The molecule has 0 spiro atoms. The average molecular weight is 133 g/mol. The van der Waals surface area contributed by atoms with E-state index < -0.39 is 0 Å². The van der Waals surface area contributed by atoms with Crippen molar-refractivity contribution in [1.82, 2.24) is 0 Å². The summed E-state index contributed by atoms with van der Waals surface area (Å²) in [6, 6.07) is 0. The first-order valence-corrected chi connectivity index (χ1v) is 3.38. The third-order valence-electron chi connectivity index (χ3n) is 0.542.